The quantitative estimate of drug-likeness (QED) is 0.0935. The third-order valence-corrected chi connectivity index (χ3v) is 2.26. The van der Waals surface area contributed by atoms with Crippen molar-refractivity contribution >= 4 is 23.1 Å². The minimum atomic E-state index is -2.03. The third kappa shape index (κ3) is 23.8. The van der Waals surface area contributed by atoms with Gasteiger partial charge < -0.3 is 23.6 Å². The van der Waals surface area contributed by atoms with E-state index in [0.29, 0.717) is 32.0 Å². The van der Waals surface area contributed by atoms with Crippen LogP contribution in [0.25, 0.3) is 0 Å². The van der Waals surface area contributed by atoms with Crippen molar-refractivity contribution in [3.05, 3.63) is 0 Å². The van der Waals surface area contributed by atoms with Crippen LogP contribution in [-0.4, -0.2) is 46.7 Å². The van der Waals surface area contributed by atoms with E-state index < -0.39 is 11.1 Å². The summed E-state index contributed by atoms with van der Waals surface area (Å²) >= 11 is -1.23. The molecule has 0 bridgehead atoms. The van der Waals surface area contributed by atoms with Crippen molar-refractivity contribution in [1.29, 1.82) is 0 Å². The zero-order valence-corrected chi connectivity index (χ0v) is 15.8. The molecule has 0 heterocycles. The van der Waals surface area contributed by atoms with Gasteiger partial charge in [0.05, 0.1) is 13.2 Å². The Morgan fingerprint density at radius 3 is 2.18 bits per heavy atom. The van der Waals surface area contributed by atoms with Crippen molar-refractivity contribution in [3.63, 3.8) is 0 Å². The van der Waals surface area contributed by atoms with Crippen LogP contribution in [0.15, 0.2) is 0 Å². The molecule has 0 saturated carbocycles. The summed E-state index contributed by atoms with van der Waals surface area (Å²) in [6.45, 7) is 1.68. The van der Waals surface area contributed by atoms with Gasteiger partial charge in [0, 0.05) is 24.7 Å². The average Bonchev–Trinajstić information content (AvgIpc) is 2.20. The summed E-state index contributed by atoms with van der Waals surface area (Å²) in [5.74, 6) is 0.526. The third-order valence-electron chi connectivity index (χ3n) is 1.33. The molecule has 0 aromatic rings. The Kier molecular flexibility index (Phi) is 29.5. The summed E-state index contributed by atoms with van der Waals surface area (Å²) in [4.78, 5) is 0. The van der Waals surface area contributed by atoms with E-state index in [2.05, 4.69) is 4.33 Å². The van der Waals surface area contributed by atoms with Gasteiger partial charge >= 0.3 is 59.1 Å². The van der Waals surface area contributed by atoms with Gasteiger partial charge in [0.15, 0.2) is 0 Å². The molecule has 92 valence electrons. The van der Waals surface area contributed by atoms with Gasteiger partial charge in [0.2, 0.25) is 0 Å². The molecule has 0 fully saturated rings. The minimum absolute atomic E-state index is 0. The first-order valence-corrected chi connectivity index (χ1v) is 6.55. The Hall–Kier alpha value is 2.30. The molecule has 0 aromatic carbocycles. The van der Waals surface area contributed by atoms with Gasteiger partial charge in [-0.25, -0.2) is 0 Å². The molecule has 1 unspecified atom stereocenters. The van der Waals surface area contributed by atoms with E-state index in [1.54, 1.807) is 0 Å². The molecule has 6 nitrogen and oxygen atoms in total. The van der Waals surface area contributed by atoms with E-state index in [1.165, 1.54) is 0 Å². The molecule has 0 N–H and O–H groups in total. The normalized spacial score (nSPS) is 11.4. The van der Waals surface area contributed by atoms with Crippen LogP contribution >= 0.6 is 12.0 Å². The van der Waals surface area contributed by atoms with E-state index in [1.807, 2.05) is 0 Å². The van der Waals surface area contributed by atoms with Gasteiger partial charge in [0.1, 0.15) is 0 Å². The van der Waals surface area contributed by atoms with Gasteiger partial charge in [-0.05, 0) is 18.5 Å². The van der Waals surface area contributed by atoms with Gasteiger partial charge in [-0.2, -0.15) is 0 Å². The number of rotatable bonds is 11. The fourth-order valence-corrected chi connectivity index (χ4v) is 1.23. The second-order valence-electron chi connectivity index (χ2n) is 2.48. The molecule has 10 heteroatoms. The summed E-state index contributed by atoms with van der Waals surface area (Å²) in [6.07, 6.45) is 0.703. The molecule has 0 rings (SSSR count). The Morgan fingerprint density at radius 1 is 1.06 bits per heavy atom. The van der Waals surface area contributed by atoms with Crippen LogP contribution in [0.5, 0.6) is 0 Å². The number of ether oxygens (including phenoxy) is 2. The average molecular weight is 304 g/mol. The first-order valence-electron chi connectivity index (χ1n) is 4.40. The van der Waals surface area contributed by atoms with Gasteiger partial charge in [0.25, 0.3) is 0 Å². The van der Waals surface area contributed by atoms with Crippen LogP contribution in [-0.2, 0) is 24.9 Å². The SMILES string of the molecule is O=S([O-])CCOCCCOCCSO[O-].[Na+].[Na+]. The zero-order valence-electron chi connectivity index (χ0n) is 10.2. The van der Waals surface area contributed by atoms with Crippen molar-refractivity contribution in [2.75, 3.05) is 37.9 Å². The smallest absolute Gasteiger partial charge is 0.772 e. The van der Waals surface area contributed by atoms with Crippen molar-refractivity contribution in [3.8, 4) is 0 Å². The molecule has 0 radical (unpaired) electrons. The van der Waals surface area contributed by atoms with Crippen LogP contribution in [0, 0.1) is 0 Å². The molecule has 0 spiro atoms. The Balaban J connectivity index is -0.000000980. The van der Waals surface area contributed by atoms with E-state index in [-0.39, 0.29) is 71.5 Å². The van der Waals surface area contributed by atoms with Crippen LogP contribution < -0.4 is 64.4 Å². The molecule has 0 aliphatic rings. The molecule has 0 aliphatic carbocycles. The number of hydrogen-bond acceptors (Lipinski definition) is 7. The van der Waals surface area contributed by atoms with Crippen LogP contribution in [0.1, 0.15) is 6.42 Å². The van der Waals surface area contributed by atoms with E-state index >= 15 is 0 Å². The van der Waals surface area contributed by atoms with Gasteiger partial charge in [-0.15, -0.1) is 0 Å². The maximum absolute atomic E-state index is 10.1. The molecular weight excluding hydrogens is 290 g/mol. The molecule has 0 amide bonds. The molecular formula is C7H14Na2O6S2. The fraction of sp³-hybridized carbons (Fsp3) is 1.00. The molecule has 0 aromatic heterocycles. The summed E-state index contributed by atoms with van der Waals surface area (Å²) in [5, 5.41) is 9.53. The summed E-state index contributed by atoms with van der Waals surface area (Å²) in [7, 11) is 0. The number of hydrogen-bond donors (Lipinski definition) is 0. The van der Waals surface area contributed by atoms with Crippen molar-refractivity contribution in [2.24, 2.45) is 0 Å². The zero-order chi connectivity index (χ0) is 11.4. The predicted molar refractivity (Wildman–Crippen MR) is 53.6 cm³/mol. The van der Waals surface area contributed by atoms with Gasteiger partial charge in [-0.3, -0.25) is 4.21 Å². The topological polar surface area (TPSA) is 90.9 Å². The second-order valence-corrected chi connectivity index (χ2v) is 4.27. The van der Waals surface area contributed by atoms with E-state index in [0.717, 1.165) is 12.0 Å². The second kappa shape index (κ2) is 20.6. The van der Waals surface area contributed by atoms with Crippen LogP contribution in [0.2, 0.25) is 0 Å². The Bertz CT molecular complexity index is 165. The molecule has 0 aliphatic heterocycles. The van der Waals surface area contributed by atoms with Gasteiger partial charge in [-0.1, -0.05) is 11.1 Å². The van der Waals surface area contributed by atoms with E-state index in [9.17, 15) is 14.0 Å². The van der Waals surface area contributed by atoms with Crippen molar-refractivity contribution in [1.82, 2.24) is 0 Å². The van der Waals surface area contributed by atoms with Crippen LogP contribution in [0.4, 0.5) is 0 Å². The molecule has 0 saturated heterocycles. The van der Waals surface area contributed by atoms with E-state index in [4.69, 9.17) is 9.47 Å². The Labute approximate surface area is 153 Å². The monoisotopic (exact) mass is 304 g/mol. The predicted octanol–water partition coefficient (Wildman–Crippen LogP) is -6.76. The Morgan fingerprint density at radius 2 is 1.65 bits per heavy atom. The van der Waals surface area contributed by atoms with Crippen molar-refractivity contribution in [2.45, 2.75) is 6.42 Å². The maximum atomic E-state index is 10.1. The summed E-state index contributed by atoms with van der Waals surface area (Å²) in [6, 6.07) is 0. The molecule has 17 heavy (non-hydrogen) atoms. The fourth-order valence-electron chi connectivity index (χ4n) is 0.721. The first-order chi connectivity index (χ1) is 7.27. The minimum Gasteiger partial charge on any atom is -0.772 e. The maximum Gasteiger partial charge on any atom is 1.00 e. The first kappa shape index (κ1) is 24.3. The standard InChI is InChI=1S/C7H16O6S2.2Na/c8-13-14-6-4-11-2-1-3-12-5-7-15(9)10;;/h8H,1-7H2,(H,9,10);;/q;2*+1/p-2. The summed E-state index contributed by atoms with van der Waals surface area (Å²) in [5.41, 5.74) is 0. The largest absolute Gasteiger partial charge is 1.00 e. The van der Waals surface area contributed by atoms with Crippen LogP contribution in [0.3, 0.4) is 0 Å². The van der Waals surface area contributed by atoms with Crippen molar-refractivity contribution < 1.29 is 86.9 Å². The summed E-state index contributed by atoms with van der Waals surface area (Å²) < 4.78 is 33.8. The molecule has 1 atom stereocenters.